The minimum absolute atomic E-state index is 0.943. The molecule has 0 fully saturated rings. The second kappa shape index (κ2) is 6.52. The second-order valence-electron chi connectivity index (χ2n) is 5.35. The van der Waals surface area contributed by atoms with Gasteiger partial charge in [0.05, 0.1) is 0 Å². The zero-order valence-electron chi connectivity index (χ0n) is 13.2. The maximum atomic E-state index is 3.34. The summed E-state index contributed by atoms with van der Waals surface area (Å²) in [5.41, 5.74) is 3.62. The first-order valence-electron chi connectivity index (χ1n) is 7.92. The molecule has 0 amide bonds. The van der Waals surface area contributed by atoms with E-state index in [2.05, 4.69) is 90.8 Å². The van der Waals surface area contributed by atoms with Gasteiger partial charge in [0, 0.05) is 30.2 Å². The van der Waals surface area contributed by atoms with Gasteiger partial charge in [-0.2, -0.15) is 0 Å². The first-order valence-corrected chi connectivity index (χ1v) is 7.92. The predicted molar refractivity (Wildman–Crippen MR) is 97.2 cm³/mol. The molecular formula is C20H22N2. The van der Waals surface area contributed by atoms with Gasteiger partial charge in [-0.3, -0.25) is 0 Å². The molecule has 3 aromatic carbocycles. The SMILES string of the molecule is CCNc1ccc(N(CC)c2ccc3ccccc3c2)cc1. The van der Waals surface area contributed by atoms with Crippen LogP contribution in [-0.2, 0) is 0 Å². The van der Waals surface area contributed by atoms with Crippen molar-refractivity contribution < 1.29 is 0 Å². The van der Waals surface area contributed by atoms with E-state index in [1.54, 1.807) is 0 Å². The summed E-state index contributed by atoms with van der Waals surface area (Å²) < 4.78 is 0. The molecule has 0 atom stereocenters. The molecule has 0 spiro atoms. The normalized spacial score (nSPS) is 10.6. The van der Waals surface area contributed by atoms with Crippen molar-refractivity contribution in [2.24, 2.45) is 0 Å². The van der Waals surface area contributed by atoms with E-state index in [4.69, 9.17) is 0 Å². The van der Waals surface area contributed by atoms with Crippen LogP contribution >= 0.6 is 0 Å². The smallest absolute Gasteiger partial charge is 0.0417 e. The molecule has 0 aliphatic carbocycles. The largest absolute Gasteiger partial charge is 0.385 e. The van der Waals surface area contributed by atoms with Crippen LogP contribution in [0.4, 0.5) is 17.1 Å². The molecule has 3 aromatic rings. The lowest BCUT2D eigenvalue weighted by Gasteiger charge is -2.24. The molecule has 0 unspecified atom stereocenters. The number of rotatable bonds is 5. The van der Waals surface area contributed by atoms with Gasteiger partial charge in [0.25, 0.3) is 0 Å². The highest BCUT2D eigenvalue weighted by Gasteiger charge is 2.07. The zero-order valence-corrected chi connectivity index (χ0v) is 13.2. The third-order valence-electron chi connectivity index (χ3n) is 3.92. The average Bonchev–Trinajstić information content (AvgIpc) is 2.57. The van der Waals surface area contributed by atoms with Crippen molar-refractivity contribution in [2.45, 2.75) is 13.8 Å². The van der Waals surface area contributed by atoms with Crippen molar-refractivity contribution in [3.05, 3.63) is 66.7 Å². The molecule has 1 N–H and O–H groups in total. The molecule has 2 nitrogen and oxygen atoms in total. The number of fused-ring (bicyclic) bond motifs is 1. The van der Waals surface area contributed by atoms with E-state index in [1.807, 2.05) is 0 Å². The van der Waals surface area contributed by atoms with Gasteiger partial charge in [0.1, 0.15) is 0 Å². The predicted octanol–water partition coefficient (Wildman–Crippen LogP) is 5.43. The molecular weight excluding hydrogens is 268 g/mol. The Balaban J connectivity index is 1.94. The van der Waals surface area contributed by atoms with Crippen molar-refractivity contribution in [1.82, 2.24) is 0 Å². The van der Waals surface area contributed by atoms with Crippen LogP contribution in [-0.4, -0.2) is 13.1 Å². The topological polar surface area (TPSA) is 15.3 Å². The molecule has 22 heavy (non-hydrogen) atoms. The molecule has 0 aliphatic heterocycles. The van der Waals surface area contributed by atoms with Gasteiger partial charge >= 0.3 is 0 Å². The van der Waals surface area contributed by atoms with E-state index < -0.39 is 0 Å². The number of benzene rings is 3. The van der Waals surface area contributed by atoms with Crippen LogP contribution in [0.15, 0.2) is 66.7 Å². The minimum atomic E-state index is 0.943. The summed E-state index contributed by atoms with van der Waals surface area (Å²) in [4.78, 5) is 2.34. The van der Waals surface area contributed by atoms with E-state index in [0.717, 1.165) is 13.1 Å². The number of nitrogens with zero attached hydrogens (tertiary/aromatic N) is 1. The number of anilines is 3. The maximum absolute atomic E-state index is 3.34. The van der Waals surface area contributed by atoms with Gasteiger partial charge in [-0.15, -0.1) is 0 Å². The second-order valence-corrected chi connectivity index (χ2v) is 5.35. The van der Waals surface area contributed by atoms with Crippen LogP contribution in [0, 0.1) is 0 Å². The van der Waals surface area contributed by atoms with Gasteiger partial charge < -0.3 is 10.2 Å². The Morgan fingerprint density at radius 2 is 1.45 bits per heavy atom. The van der Waals surface area contributed by atoms with Crippen molar-refractivity contribution in [1.29, 1.82) is 0 Å². The molecule has 3 rings (SSSR count). The lowest BCUT2D eigenvalue weighted by Crippen LogP contribution is -2.15. The lowest BCUT2D eigenvalue weighted by molar-refractivity contribution is 1.03. The Labute approximate surface area is 132 Å². The lowest BCUT2D eigenvalue weighted by atomic mass is 10.1. The molecule has 0 saturated carbocycles. The molecule has 0 aromatic heterocycles. The Morgan fingerprint density at radius 3 is 2.14 bits per heavy atom. The third kappa shape index (κ3) is 2.91. The quantitative estimate of drug-likeness (QED) is 0.674. The Morgan fingerprint density at radius 1 is 0.773 bits per heavy atom. The number of hydrogen-bond donors (Lipinski definition) is 1. The number of hydrogen-bond acceptors (Lipinski definition) is 2. The van der Waals surface area contributed by atoms with Crippen molar-refractivity contribution in [2.75, 3.05) is 23.3 Å². The summed E-state index contributed by atoms with van der Waals surface area (Å²) in [5, 5.41) is 5.90. The minimum Gasteiger partial charge on any atom is -0.385 e. The fourth-order valence-electron chi connectivity index (χ4n) is 2.82. The Bertz CT molecular complexity index is 747. The number of nitrogens with one attached hydrogen (secondary N) is 1. The maximum Gasteiger partial charge on any atom is 0.0417 e. The van der Waals surface area contributed by atoms with Gasteiger partial charge in [0.2, 0.25) is 0 Å². The Kier molecular flexibility index (Phi) is 4.29. The van der Waals surface area contributed by atoms with Crippen LogP contribution in [0.1, 0.15) is 13.8 Å². The van der Waals surface area contributed by atoms with Crippen LogP contribution in [0.5, 0.6) is 0 Å². The Hall–Kier alpha value is -2.48. The molecule has 0 radical (unpaired) electrons. The van der Waals surface area contributed by atoms with E-state index in [9.17, 15) is 0 Å². The fraction of sp³-hybridized carbons (Fsp3) is 0.200. The molecule has 0 aliphatic rings. The van der Waals surface area contributed by atoms with E-state index in [1.165, 1.54) is 27.8 Å². The molecule has 2 heteroatoms. The first kappa shape index (κ1) is 14.5. The highest BCUT2D eigenvalue weighted by atomic mass is 15.1. The standard InChI is InChI=1S/C20H22N2/c1-3-21-18-10-13-19(14-11-18)22(4-2)20-12-9-16-7-5-6-8-17(16)15-20/h5-15,21H,3-4H2,1-2H3. The molecule has 0 bridgehead atoms. The summed E-state index contributed by atoms with van der Waals surface area (Å²) >= 11 is 0. The first-order chi connectivity index (χ1) is 10.8. The average molecular weight is 290 g/mol. The summed E-state index contributed by atoms with van der Waals surface area (Å²) in [7, 11) is 0. The molecule has 112 valence electrons. The van der Waals surface area contributed by atoms with Gasteiger partial charge in [-0.25, -0.2) is 0 Å². The fourth-order valence-corrected chi connectivity index (χ4v) is 2.82. The van der Waals surface area contributed by atoms with Gasteiger partial charge in [0.15, 0.2) is 0 Å². The third-order valence-corrected chi connectivity index (χ3v) is 3.92. The van der Waals surface area contributed by atoms with Crippen molar-refractivity contribution in [3.63, 3.8) is 0 Å². The summed E-state index contributed by atoms with van der Waals surface area (Å²) in [6.45, 7) is 6.19. The highest BCUT2D eigenvalue weighted by molar-refractivity contribution is 5.87. The molecule has 0 saturated heterocycles. The summed E-state index contributed by atoms with van der Waals surface area (Å²) in [5.74, 6) is 0. The van der Waals surface area contributed by atoms with Crippen molar-refractivity contribution in [3.8, 4) is 0 Å². The zero-order chi connectivity index (χ0) is 15.4. The van der Waals surface area contributed by atoms with Gasteiger partial charge in [-0.1, -0.05) is 30.3 Å². The highest BCUT2D eigenvalue weighted by Crippen LogP contribution is 2.29. The monoisotopic (exact) mass is 290 g/mol. The van der Waals surface area contributed by atoms with Crippen molar-refractivity contribution >= 4 is 27.8 Å². The van der Waals surface area contributed by atoms with Crippen LogP contribution in [0.3, 0.4) is 0 Å². The summed E-state index contributed by atoms with van der Waals surface area (Å²) in [6.07, 6.45) is 0. The van der Waals surface area contributed by atoms with Crippen LogP contribution < -0.4 is 10.2 Å². The summed E-state index contributed by atoms with van der Waals surface area (Å²) in [6, 6.07) is 23.8. The molecule has 0 heterocycles. The van der Waals surface area contributed by atoms with Gasteiger partial charge in [-0.05, 0) is 61.0 Å². The van der Waals surface area contributed by atoms with E-state index in [-0.39, 0.29) is 0 Å². The van der Waals surface area contributed by atoms with Crippen LogP contribution in [0.25, 0.3) is 10.8 Å². The van der Waals surface area contributed by atoms with E-state index in [0.29, 0.717) is 0 Å². The van der Waals surface area contributed by atoms with Crippen LogP contribution in [0.2, 0.25) is 0 Å². The van der Waals surface area contributed by atoms with E-state index >= 15 is 0 Å².